The molecule has 2 heterocycles. The quantitative estimate of drug-likeness (QED) is 0.171. The van der Waals surface area contributed by atoms with Crippen LogP contribution in [0.4, 0.5) is 13.2 Å². The van der Waals surface area contributed by atoms with Crippen molar-refractivity contribution in [3.8, 4) is 75.1 Å². The van der Waals surface area contributed by atoms with E-state index in [1.54, 1.807) is 94.1 Å². The first-order valence-corrected chi connectivity index (χ1v) is 19.9. The molecule has 0 N–H and O–H groups in total. The van der Waals surface area contributed by atoms with E-state index in [-0.39, 0.29) is 22.5 Å². The topological polar surface area (TPSA) is 129 Å². The van der Waals surface area contributed by atoms with Crippen LogP contribution in [0.1, 0.15) is 33.4 Å². The average Bonchev–Trinajstić information content (AvgIpc) is 3.84. The van der Waals surface area contributed by atoms with Gasteiger partial charge in [0.05, 0.1) is 91.6 Å². The summed E-state index contributed by atoms with van der Waals surface area (Å²) in [4.78, 5) is 0. The van der Waals surface area contributed by atoms with Crippen molar-refractivity contribution in [2.24, 2.45) is 0 Å². The first-order valence-electron chi connectivity index (χ1n) is 19.9. The second kappa shape index (κ2) is 14.9. The van der Waals surface area contributed by atoms with Crippen LogP contribution in [0.25, 0.3) is 88.4 Å². The first-order chi connectivity index (χ1) is 31.1. The van der Waals surface area contributed by atoms with Crippen molar-refractivity contribution in [3.05, 3.63) is 191 Å². The molecule has 0 unspecified atom stereocenters. The van der Waals surface area contributed by atoms with Gasteiger partial charge in [-0.05, 0) is 106 Å². The van der Waals surface area contributed by atoms with Crippen molar-refractivity contribution < 1.29 is 13.2 Å². The van der Waals surface area contributed by atoms with Gasteiger partial charge < -0.3 is 9.13 Å². The van der Waals surface area contributed by atoms with E-state index in [2.05, 4.69) is 30.3 Å². The van der Waals surface area contributed by atoms with Gasteiger partial charge in [-0.3, -0.25) is 0 Å². The fourth-order valence-corrected chi connectivity index (χ4v) is 8.90. The zero-order chi connectivity index (χ0) is 44.3. The maximum atomic E-state index is 16.6. The van der Waals surface area contributed by atoms with Crippen LogP contribution in [-0.2, 0) is 6.18 Å². The summed E-state index contributed by atoms with van der Waals surface area (Å²) in [6.45, 7) is 0. The van der Waals surface area contributed by atoms with Crippen LogP contribution in [0, 0.1) is 56.7 Å². The van der Waals surface area contributed by atoms with Gasteiger partial charge in [0, 0.05) is 21.5 Å². The largest absolute Gasteiger partial charge is 0.420 e. The number of hydrogen-bond donors (Lipinski definition) is 0. The van der Waals surface area contributed by atoms with Crippen molar-refractivity contribution in [1.29, 1.82) is 26.3 Å². The van der Waals surface area contributed by atoms with Crippen molar-refractivity contribution >= 4 is 43.6 Å². The van der Waals surface area contributed by atoms with E-state index in [1.807, 2.05) is 48.5 Å². The normalized spacial score (nSPS) is 11.3. The van der Waals surface area contributed by atoms with E-state index in [4.69, 9.17) is 0 Å². The van der Waals surface area contributed by atoms with E-state index in [0.717, 1.165) is 0 Å². The Kier molecular flexibility index (Phi) is 9.06. The Balaban J connectivity index is 1.36. The fourth-order valence-electron chi connectivity index (χ4n) is 8.90. The Morgan fingerprint density at radius 2 is 0.812 bits per heavy atom. The van der Waals surface area contributed by atoms with Gasteiger partial charge in [0.25, 0.3) is 0 Å². The molecule has 10 aromatic rings. The Morgan fingerprint density at radius 1 is 0.359 bits per heavy atom. The van der Waals surface area contributed by atoms with Gasteiger partial charge in [0.2, 0.25) is 0 Å². The van der Waals surface area contributed by atoms with Crippen LogP contribution in [0.15, 0.2) is 158 Å². The van der Waals surface area contributed by atoms with Gasteiger partial charge in [-0.1, -0.05) is 84.9 Å². The Morgan fingerprint density at radius 3 is 1.27 bits per heavy atom. The Bertz CT molecular complexity index is 3640. The molecule has 0 aliphatic carbocycles. The fraction of sp³-hybridized carbons (Fsp3) is 0.0185. The van der Waals surface area contributed by atoms with Gasteiger partial charge in [0.15, 0.2) is 0 Å². The molecule has 298 valence electrons. The molecular formula is C54H26F3N7. The van der Waals surface area contributed by atoms with E-state index in [9.17, 15) is 26.3 Å². The SMILES string of the molecule is N#Cc1cccc(-c2cc(-n3c4ccccc4c4ccc(-c5ccc(C#N)cc5C#N)cc43)c(C(F)(F)F)c(-n3c4ccccc4c4ccc(-c5ccc(C#N)cc5C#N)cc43)c2)c1. The Hall–Kier alpha value is -9.40. The number of alkyl halides is 3. The van der Waals surface area contributed by atoms with Gasteiger partial charge in [-0.15, -0.1) is 0 Å². The maximum absolute atomic E-state index is 16.6. The summed E-state index contributed by atoms with van der Waals surface area (Å²) < 4.78 is 53.0. The molecule has 0 atom stereocenters. The van der Waals surface area contributed by atoms with E-state index in [0.29, 0.717) is 93.7 Å². The molecule has 0 saturated heterocycles. The lowest BCUT2D eigenvalue weighted by Gasteiger charge is -2.23. The predicted octanol–water partition coefficient (Wildman–Crippen LogP) is 13.3. The molecule has 0 aliphatic rings. The molecule has 10 rings (SSSR count). The molecule has 0 radical (unpaired) electrons. The van der Waals surface area contributed by atoms with Crippen molar-refractivity contribution in [1.82, 2.24) is 9.13 Å². The molecule has 0 fully saturated rings. The van der Waals surface area contributed by atoms with Gasteiger partial charge in [-0.2, -0.15) is 39.5 Å². The van der Waals surface area contributed by atoms with Gasteiger partial charge in [-0.25, -0.2) is 0 Å². The highest BCUT2D eigenvalue weighted by Crippen LogP contribution is 2.47. The lowest BCUT2D eigenvalue weighted by Crippen LogP contribution is -2.16. The summed E-state index contributed by atoms with van der Waals surface area (Å²) >= 11 is 0. The summed E-state index contributed by atoms with van der Waals surface area (Å²) in [5.74, 6) is 0. The molecule has 2 aromatic heterocycles. The van der Waals surface area contributed by atoms with Crippen LogP contribution in [0.5, 0.6) is 0 Å². The number of benzene rings is 8. The minimum absolute atomic E-state index is 0.174. The van der Waals surface area contributed by atoms with Crippen LogP contribution in [-0.4, -0.2) is 9.13 Å². The van der Waals surface area contributed by atoms with Crippen LogP contribution >= 0.6 is 0 Å². The highest BCUT2D eigenvalue weighted by atomic mass is 19.4. The molecule has 0 aliphatic heterocycles. The summed E-state index contributed by atoms with van der Waals surface area (Å²) in [7, 11) is 0. The summed E-state index contributed by atoms with van der Waals surface area (Å²) in [5.41, 5.74) is 5.14. The molecule has 0 saturated carbocycles. The number of fused-ring (bicyclic) bond motifs is 6. The van der Waals surface area contributed by atoms with Crippen molar-refractivity contribution in [3.63, 3.8) is 0 Å². The number of hydrogen-bond acceptors (Lipinski definition) is 5. The third-order valence-corrected chi connectivity index (χ3v) is 11.7. The molecule has 0 bridgehead atoms. The lowest BCUT2D eigenvalue weighted by atomic mass is 9.96. The van der Waals surface area contributed by atoms with E-state index >= 15 is 13.2 Å². The van der Waals surface area contributed by atoms with E-state index < -0.39 is 11.7 Å². The van der Waals surface area contributed by atoms with Crippen molar-refractivity contribution in [2.45, 2.75) is 6.18 Å². The molecule has 7 nitrogen and oxygen atoms in total. The zero-order valence-electron chi connectivity index (χ0n) is 33.3. The number of para-hydroxylation sites is 2. The van der Waals surface area contributed by atoms with Crippen LogP contribution < -0.4 is 0 Å². The van der Waals surface area contributed by atoms with Gasteiger partial charge >= 0.3 is 6.18 Å². The molecule has 10 heteroatoms. The number of aromatic nitrogens is 2. The monoisotopic (exact) mass is 829 g/mol. The number of halogens is 3. The average molecular weight is 830 g/mol. The number of nitriles is 5. The second-order valence-electron chi connectivity index (χ2n) is 15.2. The second-order valence-corrected chi connectivity index (χ2v) is 15.2. The molecule has 64 heavy (non-hydrogen) atoms. The third-order valence-electron chi connectivity index (χ3n) is 11.7. The maximum Gasteiger partial charge on any atom is 0.420 e. The molecule has 8 aromatic carbocycles. The predicted molar refractivity (Wildman–Crippen MR) is 240 cm³/mol. The molecule has 0 spiro atoms. The highest BCUT2D eigenvalue weighted by molar-refractivity contribution is 6.12. The van der Waals surface area contributed by atoms with Crippen molar-refractivity contribution in [2.75, 3.05) is 0 Å². The zero-order valence-corrected chi connectivity index (χ0v) is 33.3. The minimum Gasteiger partial charge on any atom is -0.309 e. The third kappa shape index (κ3) is 6.17. The lowest BCUT2D eigenvalue weighted by molar-refractivity contribution is -0.137. The summed E-state index contributed by atoms with van der Waals surface area (Å²) in [6.07, 6.45) is -4.95. The molecule has 0 amide bonds. The highest BCUT2D eigenvalue weighted by Gasteiger charge is 2.39. The molecular weight excluding hydrogens is 804 g/mol. The van der Waals surface area contributed by atoms with Crippen LogP contribution in [0.2, 0.25) is 0 Å². The minimum atomic E-state index is -4.95. The summed E-state index contributed by atoms with van der Waals surface area (Å²) in [6, 6.07) is 55.2. The smallest absolute Gasteiger partial charge is 0.309 e. The first kappa shape index (κ1) is 38.8. The number of nitrogens with zero attached hydrogens (tertiary/aromatic N) is 7. The number of rotatable bonds is 5. The standard InChI is InChI=1S/C54H26F3N7/c55-54(56,57)53-51(63-47-10-3-1-8-43(47)45-18-14-36(23-49(45)63)41-16-12-33(28-59)21-39(41)30-61)25-38(35-7-5-6-32(20-35)27-58)26-52(53)64-48-11-4-2-9-44(48)46-19-15-37(24-50(46)64)42-17-13-34(29-60)22-40(42)31-62/h1-26H. The van der Waals surface area contributed by atoms with Crippen LogP contribution in [0.3, 0.4) is 0 Å². The Labute approximate surface area is 363 Å². The van der Waals surface area contributed by atoms with Gasteiger partial charge in [0.1, 0.15) is 5.56 Å². The summed E-state index contributed by atoms with van der Waals surface area (Å²) in [5, 5.41) is 52.0. The van der Waals surface area contributed by atoms with E-state index in [1.165, 1.54) is 24.3 Å².